The quantitative estimate of drug-likeness (QED) is 0.337. The lowest BCUT2D eigenvalue weighted by Gasteiger charge is -2.14. The number of imidazole rings is 1. The number of benzene rings is 3. The van der Waals surface area contributed by atoms with Crippen LogP contribution in [0.4, 0.5) is 0 Å². The minimum absolute atomic E-state index is 0.291. The molecule has 182 valence electrons. The maximum absolute atomic E-state index is 12.0. The zero-order chi connectivity index (χ0) is 25.7. The van der Waals surface area contributed by atoms with Crippen LogP contribution in [0.5, 0.6) is 0 Å². The summed E-state index contributed by atoms with van der Waals surface area (Å²) in [6.07, 6.45) is 6.68. The van der Waals surface area contributed by atoms with Crippen molar-refractivity contribution in [1.29, 1.82) is 0 Å². The van der Waals surface area contributed by atoms with Crippen LogP contribution in [0.25, 0.3) is 39.0 Å². The molecule has 5 aromatic rings. The minimum atomic E-state index is -3.30. The summed E-state index contributed by atoms with van der Waals surface area (Å²) in [5.41, 5.74) is 4.04. The Morgan fingerprint density at radius 3 is 2.42 bits per heavy atom. The zero-order valence-corrected chi connectivity index (χ0v) is 21.4. The molecule has 0 atom stereocenters. The van der Waals surface area contributed by atoms with Gasteiger partial charge in [-0.1, -0.05) is 36.4 Å². The van der Waals surface area contributed by atoms with Gasteiger partial charge in [0.25, 0.3) is 0 Å². The average molecular weight is 498 g/mol. The first kappa shape index (κ1) is 23.9. The second-order valence-electron chi connectivity index (χ2n) is 9.58. The van der Waals surface area contributed by atoms with E-state index in [4.69, 9.17) is 4.98 Å². The molecule has 6 nitrogen and oxygen atoms in total. The Labute approximate surface area is 210 Å². The number of aromatic nitrogens is 3. The highest BCUT2D eigenvalue weighted by atomic mass is 32.2. The SMILES string of the molecule is Cc1cc(-c2cccc(S(C)(=O)=O)c2)ccc1-n1cc(C(C)(C)O)nc1-c1cccc2cnccc12. The van der Waals surface area contributed by atoms with Crippen molar-refractivity contribution in [2.75, 3.05) is 6.26 Å². The molecule has 36 heavy (non-hydrogen) atoms. The van der Waals surface area contributed by atoms with E-state index in [1.165, 1.54) is 6.26 Å². The van der Waals surface area contributed by atoms with Gasteiger partial charge < -0.3 is 5.11 Å². The van der Waals surface area contributed by atoms with Crippen molar-refractivity contribution in [2.24, 2.45) is 0 Å². The van der Waals surface area contributed by atoms with E-state index in [9.17, 15) is 13.5 Å². The van der Waals surface area contributed by atoms with Crippen molar-refractivity contribution in [3.63, 3.8) is 0 Å². The lowest BCUT2D eigenvalue weighted by molar-refractivity contribution is 0.0743. The Balaban J connectivity index is 1.68. The summed E-state index contributed by atoms with van der Waals surface area (Å²) >= 11 is 0. The summed E-state index contributed by atoms with van der Waals surface area (Å²) in [4.78, 5) is 9.40. The van der Waals surface area contributed by atoms with E-state index in [2.05, 4.69) is 4.98 Å². The topological polar surface area (TPSA) is 85.1 Å². The summed E-state index contributed by atoms with van der Waals surface area (Å²) in [7, 11) is -3.30. The van der Waals surface area contributed by atoms with Crippen LogP contribution in [0.15, 0.2) is 90.2 Å². The predicted molar refractivity (Wildman–Crippen MR) is 143 cm³/mol. The van der Waals surface area contributed by atoms with Crippen LogP contribution in [0.3, 0.4) is 0 Å². The van der Waals surface area contributed by atoms with E-state index >= 15 is 0 Å². The van der Waals surface area contributed by atoms with Crippen LogP contribution in [0.2, 0.25) is 0 Å². The number of aliphatic hydroxyl groups is 1. The van der Waals surface area contributed by atoms with E-state index in [1.807, 2.05) is 72.4 Å². The van der Waals surface area contributed by atoms with Gasteiger partial charge in [0.2, 0.25) is 0 Å². The van der Waals surface area contributed by atoms with Gasteiger partial charge >= 0.3 is 0 Å². The fraction of sp³-hybridized carbons (Fsp3) is 0.172. The van der Waals surface area contributed by atoms with Crippen LogP contribution in [0.1, 0.15) is 25.1 Å². The van der Waals surface area contributed by atoms with Gasteiger partial charge in [0, 0.05) is 35.8 Å². The van der Waals surface area contributed by atoms with Gasteiger partial charge in [-0.05, 0) is 73.2 Å². The number of pyridine rings is 1. The van der Waals surface area contributed by atoms with Crippen LogP contribution in [-0.2, 0) is 15.4 Å². The fourth-order valence-corrected chi connectivity index (χ4v) is 5.04. The number of aryl methyl sites for hydroxylation is 1. The molecule has 7 heteroatoms. The van der Waals surface area contributed by atoms with Gasteiger partial charge in [-0.15, -0.1) is 0 Å². The molecule has 0 aliphatic heterocycles. The first-order chi connectivity index (χ1) is 17.0. The maximum Gasteiger partial charge on any atom is 0.175 e. The third-order valence-corrected chi connectivity index (χ3v) is 7.42. The van der Waals surface area contributed by atoms with Crippen molar-refractivity contribution >= 4 is 20.6 Å². The number of sulfone groups is 1. The standard InChI is InChI=1S/C29H27N3O3S/c1-19-15-21(20-7-5-9-23(16-20)36(4,34)35)11-12-26(19)32-18-27(29(2,3)33)31-28(32)25-10-6-8-22-17-30-14-13-24(22)25/h5-18,33H,1-4H3. The first-order valence-electron chi connectivity index (χ1n) is 11.6. The highest BCUT2D eigenvalue weighted by Crippen LogP contribution is 2.34. The molecule has 0 spiro atoms. The molecule has 0 aliphatic rings. The van der Waals surface area contributed by atoms with Crippen LogP contribution < -0.4 is 0 Å². The predicted octanol–water partition coefficient (Wildman–Crippen LogP) is 5.69. The average Bonchev–Trinajstić information content (AvgIpc) is 3.29. The Kier molecular flexibility index (Phi) is 5.77. The Morgan fingerprint density at radius 1 is 0.944 bits per heavy atom. The van der Waals surface area contributed by atoms with E-state index < -0.39 is 15.4 Å². The van der Waals surface area contributed by atoms with Gasteiger partial charge in [-0.25, -0.2) is 13.4 Å². The van der Waals surface area contributed by atoms with Crippen molar-refractivity contribution < 1.29 is 13.5 Å². The highest BCUT2D eigenvalue weighted by Gasteiger charge is 2.24. The van der Waals surface area contributed by atoms with Crippen molar-refractivity contribution in [1.82, 2.24) is 14.5 Å². The second kappa shape index (κ2) is 8.69. The molecule has 0 radical (unpaired) electrons. The molecule has 3 aromatic carbocycles. The number of hydrogen-bond acceptors (Lipinski definition) is 5. The summed E-state index contributed by atoms with van der Waals surface area (Å²) in [5, 5.41) is 12.8. The molecule has 0 saturated heterocycles. The molecule has 0 saturated carbocycles. The lowest BCUT2D eigenvalue weighted by Crippen LogP contribution is -2.15. The third-order valence-electron chi connectivity index (χ3n) is 6.31. The van der Waals surface area contributed by atoms with E-state index in [0.29, 0.717) is 10.6 Å². The van der Waals surface area contributed by atoms with Crippen LogP contribution in [-0.4, -0.2) is 34.3 Å². The molecule has 0 unspecified atom stereocenters. The Morgan fingerprint density at radius 2 is 1.69 bits per heavy atom. The molecule has 0 bridgehead atoms. The number of fused-ring (bicyclic) bond motifs is 1. The number of nitrogens with zero attached hydrogens (tertiary/aromatic N) is 3. The van der Waals surface area contributed by atoms with E-state index in [-0.39, 0.29) is 0 Å². The monoisotopic (exact) mass is 497 g/mol. The normalized spacial score (nSPS) is 12.2. The smallest absolute Gasteiger partial charge is 0.175 e. The maximum atomic E-state index is 12.0. The molecule has 5 rings (SSSR count). The molecule has 0 aliphatic carbocycles. The highest BCUT2D eigenvalue weighted by molar-refractivity contribution is 7.90. The van der Waals surface area contributed by atoms with Gasteiger partial charge in [-0.2, -0.15) is 0 Å². The molecule has 2 aromatic heterocycles. The van der Waals surface area contributed by atoms with Crippen molar-refractivity contribution in [3.8, 4) is 28.2 Å². The van der Waals surface area contributed by atoms with Gasteiger partial charge in [-0.3, -0.25) is 9.55 Å². The molecular formula is C29H27N3O3S. The van der Waals surface area contributed by atoms with Crippen LogP contribution in [0, 0.1) is 6.92 Å². The summed E-state index contributed by atoms with van der Waals surface area (Å²) < 4.78 is 26.1. The summed E-state index contributed by atoms with van der Waals surface area (Å²) in [6.45, 7) is 5.46. The minimum Gasteiger partial charge on any atom is -0.384 e. The number of rotatable bonds is 5. The van der Waals surface area contributed by atoms with Gasteiger partial charge in [0.05, 0.1) is 16.3 Å². The van der Waals surface area contributed by atoms with Crippen molar-refractivity contribution in [3.05, 3.63) is 96.6 Å². The Hall–Kier alpha value is -3.81. The molecule has 2 heterocycles. The third kappa shape index (κ3) is 4.43. The van der Waals surface area contributed by atoms with Crippen molar-refractivity contribution in [2.45, 2.75) is 31.3 Å². The van der Waals surface area contributed by atoms with E-state index in [1.54, 1.807) is 38.2 Å². The molecule has 0 amide bonds. The van der Waals surface area contributed by atoms with E-state index in [0.717, 1.165) is 44.5 Å². The van der Waals surface area contributed by atoms with Crippen LogP contribution >= 0.6 is 0 Å². The zero-order valence-electron chi connectivity index (χ0n) is 20.6. The Bertz CT molecular complexity index is 1710. The summed E-state index contributed by atoms with van der Waals surface area (Å²) in [5.74, 6) is 0.721. The number of hydrogen-bond donors (Lipinski definition) is 1. The second-order valence-corrected chi connectivity index (χ2v) is 11.6. The lowest BCUT2D eigenvalue weighted by atomic mass is 10.0. The van der Waals surface area contributed by atoms with Gasteiger partial charge in [0.15, 0.2) is 9.84 Å². The first-order valence-corrected chi connectivity index (χ1v) is 13.5. The molecule has 0 fully saturated rings. The molecule has 1 N–H and O–H groups in total. The van der Waals surface area contributed by atoms with Gasteiger partial charge in [0.1, 0.15) is 11.4 Å². The largest absolute Gasteiger partial charge is 0.384 e. The fourth-order valence-electron chi connectivity index (χ4n) is 4.38. The molecular weight excluding hydrogens is 470 g/mol. The summed E-state index contributed by atoms with van der Waals surface area (Å²) in [6, 6.07) is 21.0.